The number of benzene rings is 1. The molecule has 0 saturated carbocycles. The molecule has 2 unspecified atom stereocenters. The minimum absolute atomic E-state index is 0.808. The molecule has 1 aromatic carbocycles. The van der Waals surface area contributed by atoms with Gasteiger partial charge in [-0.2, -0.15) is 0 Å². The van der Waals surface area contributed by atoms with Crippen molar-refractivity contribution in [3.05, 3.63) is 46.2 Å². The van der Waals surface area contributed by atoms with Crippen molar-refractivity contribution in [1.82, 2.24) is 0 Å². The number of thiophene rings is 4. The van der Waals surface area contributed by atoms with Gasteiger partial charge in [-0.05, 0) is 0 Å². The van der Waals surface area contributed by atoms with E-state index in [1.807, 2.05) is 0 Å². The van der Waals surface area contributed by atoms with Gasteiger partial charge in [0.2, 0.25) is 0 Å². The first kappa shape index (κ1) is 37.4. The summed E-state index contributed by atoms with van der Waals surface area (Å²) in [5.41, 5.74) is 3.11. The van der Waals surface area contributed by atoms with Gasteiger partial charge in [-0.1, -0.05) is 13.8 Å². The molecule has 5 aromatic rings. The van der Waals surface area contributed by atoms with Crippen molar-refractivity contribution in [2.75, 3.05) is 0 Å². The van der Waals surface area contributed by atoms with Gasteiger partial charge < -0.3 is 0 Å². The van der Waals surface area contributed by atoms with Crippen molar-refractivity contribution in [2.24, 2.45) is 11.8 Å². The van der Waals surface area contributed by atoms with E-state index >= 15 is 0 Å². The Labute approximate surface area is 305 Å². The summed E-state index contributed by atoms with van der Waals surface area (Å²) in [5.74, 6) is 1.62. The molecule has 250 valence electrons. The van der Waals surface area contributed by atoms with Crippen LogP contribution < -0.4 is 5.79 Å². The Bertz CT molecular complexity index is 1550. The van der Waals surface area contributed by atoms with Crippen LogP contribution in [0.5, 0.6) is 0 Å². The van der Waals surface area contributed by atoms with Crippen LogP contribution in [0.4, 0.5) is 0 Å². The van der Waals surface area contributed by atoms with Crippen LogP contribution in [-0.2, 0) is 12.8 Å². The second-order valence-corrected chi connectivity index (χ2v) is 51.0. The van der Waals surface area contributed by atoms with E-state index < -0.39 is 36.8 Å². The van der Waals surface area contributed by atoms with E-state index in [0.29, 0.717) is 0 Å². The Balaban J connectivity index is 1.71. The monoisotopic (exact) mass is 906 g/mol. The summed E-state index contributed by atoms with van der Waals surface area (Å²) >= 11 is 3.88. The van der Waals surface area contributed by atoms with Gasteiger partial charge in [-0.15, -0.1) is 0 Å². The molecule has 4 aromatic heterocycles. The predicted octanol–water partition coefficient (Wildman–Crippen LogP) is 14.2. The Morgan fingerprint density at radius 2 is 0.935 bits per heavy atom. The van der Waals surface area contributed by atoms with Crippen molar-refractivity contribution in [1.29, 1.82) is 0 Å². The second kappa shape index (κ2) is 16.0. The maximum absolute atomic E-state index is 2.68. The molecule has 0 saturated heterocycles. The molecule has 0 nitrogen and oxygen atoms in total. The summed E-state index contributed by atoms with van der Waals surface area (Å²) < 4.78 is 6.55. The molecule has 0 fully saturated rings. The Morgan fingerprint density at radius 1 is 0.543 bits per heavy atom. The van der Waals surface area contributed by atoms with E-state index in [4.69, 9.17) is 0 Å². The van der Waals surface area contributed by atoms with Crippen LogP contribution in [0.2, 0.25) is 29.6 Å². The maximum atomic E-state index is 2.68. The van der Waals surface area contributed by atoms with Gasteiger partial charge in [0.1, 0.15) is 0 Å². The Kier molecular flexibility index (Phi) is 13.0. The van der Waals surface area contributed by atoms with Crippen molar-refractivity contribution < 1.29 is 0 Å². The molecule has 0 aliphatic rings. The third kappa shape index (κ3) is 8.53. The van der Waals surface area contributed by atoms with Gasteiger partial charge in [0.05, 0.1) is 0 Å². The quantitative estimate of drug-likeness (QED) is 0.0866. The van der Waals surface area contributed by atoms with Gasteiger partial charge in [-0.3, -0.25) is 0 Å². The molecule has 0 amide bonds. The fourth-order valence-electron chi connectivity index (χ4n) is 6.70. The number of hydrogen-bond acceptors (Lipinski definition) is 4. The summed E-state index contributed by atoms with van der Waals surface area (Å²) in [4.78, 5) is 21.8. The van der Waals surface area contributed by atoms with E-state index in [9.17, 15) is 0 Å². The van der Waals surface area contributed by atoms with Crippen LogP contribution in [-0.4, -0.2) is 36.8 Å². The first-order valence-corrected chi connectivity index (χ1v) is 41.3. The van der Waals surface area contributed by atoms with E-state index in [1.54, 1.807) is 46.8 Å². The molecule has 0 spiro atoms. The van der Waals surface area contributed by atoms with Gasteiger partial charge in [0.15, 0.2) is 0 Å². The SMILES string of the molecule is CCCCC(CC)Cc1ccc(-c2c3c[c]([Sn]([CH3])([CH3])[CH3])sc3c(-c3ccc(CC(CC)CCCC)s3)c3c[c]([Sn]([CH3])([CH3])[CH3])sc23)s1. The topological polar surface area (TPSA) is 0 Å². The van der Waals surface area contributed by atoms with Gasteiger partial charge >= 0.3 is 295 Å². The van der Waals surface area contributed by atoms with Crippen molar-refractivity contribution in [3.63, 3.8) is 0 Å². The molecule has 6 heteroatoms. The normalized spacial score (nSPS) is 14.1. The molecule has 0 N–H and O–H groups in total. The summed E-state index contributed by atoms with van der Waals surface area (Å²) in [6, 6.07) is 15.3. The van der Waals surface area contributed by atoms with Gasteiger partial charge in [0.25, 0.3) is 0 Å². The van der Waals surface area contributed by atoms with Crippen molar-refractivity contribution in [2.45, 2.75) is 122 Å². The summed E-state index contributed by atoms with van der Waals surface area (Å²) in [6.45, 7) is 9.44. The van der Waals surface area contributed by atoms with Gasteiger partial charge in [0, 0.05) is 0 Å². The predicted molar refractivity (Wildman–Crippen MR) is 224 cm³/mol. The van der Waals surface area contributed by atoms with Crippen molar-refractivity contribution >= 4 is 108 Å². The summed E-state index contributed by atoms with van der Waals surface area (Å²) in [7, 11) is 0. The zero-order valence-electron chi connectivity index (χ0n) is 30.3. The first-order chi connectivity index (χ1) is 21.9. The first-order valence-electron chi connectivity index (χ1n) is 18.1. The Hall–Kier alpha value is 0.137. The average molecular weight is 905 g/mol. The minimum atomic E-state index is -2.32. The Morgan fingerprint density at radius 3 is 1.26 bits per heavy atom. The van der Waals surface area contributed by atoms with Crippen LogP contribution in [0.15, 0.2) is 36.4 Å². The summed E-state index contributed by atoms with van der Waals surface area (Å²) in [6.07, 6.45) is 13.1. The molecule has 2 atom stereocenters. The van der Waals surface area contributed by atoms with E-state index in [2.05, 4.69) is 139 Å². The van der Waals surface area contributed by atoms with E-state index in [0.717, 1.165) is 11.8 Å². The van der Waals surface area contributed by atoms with Gasteiger partial charge in [-0.25, -0.2) is 0 Å². The molecular formula is C40H58S4Sn2. The average Bonchev–Trinajstić information content (AvgIpc) is 3.81. The van der Waals surface area contributed by atoms with Crippen LogP contribution in [0.3, 0.4) is 0 Å². The van der Waals surface area contributed by atoms with E-state index in [1.165, 1.54) is 74.0 Å². The molecule has 5 rings (SSSR count). The number of rotatable bonds is 16. The molecule has 0 radical (unpaired) electrons. The van der Waals surface area contributed by atoms with Crippen LogP contribution in [0, 0.1) is 11.8 Å². The third-order valence-electron chi connectivity index (χ3n) is 9.82. The second-order valence-electron chi connectivity index (χ2n) is 15.7. The molecule has 0 aliphatic carbocycles. The zero-order valence-corrected chi connectivity index (χ0v) is 39.3. The molecule has 0 bridgehead atoms. The molecule has 0 aliphatic heterocycles. The van der Waals surface area contributed by atoms with Crippen molar-refractivity contribution in [3.8, 4) is 20.9 Å². The molecule has 46 heavy (non-hydrogen) atoms. The number of hydrogen-bond donors (Lipinski definition) is 0. The molecule has 4 heterocycles. The van der Waals surface area contributed by atoms with Crippen LogP contribution in [0.25, 0.3) is 41.1 Å². The van der Waals surface area contributed by atoms with Crippen LogP contribution >= 0.6 is 45.3 Å². The fraction of sp³-hybridized carbons (Fsp3) is 0.550. The van der Waals surface area contributed by atoms with E-state index in [-0.39, 0.29) is 0 Å². The molecular weight excluding hydrogens is 846 g/mol. The third-order valence-corrected chi connectivity index (χ3v) is 33.2. The fourth-order valence-corrected chi connectivity index (χ4v) is 22.1. The number of unbranched alkanes of at least 4 members (excludes halogenated alkanes) is 2. The van der Waals surface area contributed by atoms with Crippen LogP contribution in [0.1, 0.15) is 88.8 Å². The summed E-state index contributed by atoms with van der Waals surface area (Å²) in [5, 5.41) is 3.09. The number of fused-ring (bicyclic) bond motifs is 2. The zero-order chi connectivity index (χ0) is 33.2. The standard InChI is InChI=1S/C34H40S4.6CH3.2Sn/c1-5-9-11-23(7-3)21-25-13-15-29(37-25)31-27-17-19-36-34(27)32(28-18-20-35-33(28)31)30-16-14-26(38-30)22-24(8-4)12-10-6-2;;;;;;;;/h13-18,23-24H,5-12,21-22H2,1-4H3;6*1H3;;.